The molecule has 0 atom stereocenters. The normalized spacial score (nSPS) is 14.8. The second-order valence-corrected chi connectivity index (χ2v) is 7.16. The summed E-state index contributed by atoms with van der Waals surface area (Å²) in [6.07, 6.45) is 8.15. The molecule has 0 saturated carbocycles. The van der Waals surface area contributed by atoms with Crippen LogP contribution in [0.4, 0.5) is 5.69 Å². The minimum absolute atomic E-state index is 0.710. The summed E-state index contributed by atoms with van der Waals surface area (Å²) < 4.78 is 6.30. The van der Waals surface area contributed by atoms with E-state index in [-0.39, 0.29) is 0 Å². The molecule has 0 amide bonds. The van der Waals surface area contributed by atoms with Crippen LogP contribution in [0.5, 0.6) is 5.75 Å². The standard InChI is InChI=1S/C25H25NO2/c1-4-26(5-2)19-11-13-22-24(15-19)28-23-9-7-6-8-21(23)25(22)20-12-10-17(3)14-18(20)16-27/h6,8-16H,4-5,7H2,1-3H3. The number of anilines is 1. The van der Waals surface area contributed by atoms with Crippen LogP contribution in [0.2, 0.25) is 0 Å². The molecule has 0 bridgehead atoms. The highest BCUT2D eigenvalue weighted by Crippen LogP contribution is 2.45. The smallest absolute Gasteiger partial charge is 0.150 e. The molecule has 1 aliphatic heterocycles. The summed E-state index contributed by atoms with van der Waals surface area (Å²) >= 11 is 0. The van der Waals surface area contributed by atoms with Crippen LogP contribution >= 0.6 is 0 Å². The van der Waals surface area contributed by atoms with Crippen molar-refractivity contribution in [3.05, 3.63) is 88.2 Å². The number of fused-ring (bicyclic) bond motifs is 2. The van der Waals surface area contributed by atoms with Crippen molar-refractivity contribution in [1.82, 2.24) is 0 Å². The van der Waals surface area contributed by atoms with Crippen LogP contribution in [0.1, 0.15) is 47.3 Å². The molecular weight excluding hydrogens is 346 g/mol. The van der Waals surface area contributed by atoms with Gasteiger partial charge in [-0.05, 0) is 57.0 Å². The van der Waals surface area contributed by atoms with Gasteiger partial charge in [0.05, 0.1) is 0 Å². The van der Waals surface area contributed by atoms with Crippen LogP contribution in [-0.2, 0) is 0 Å². The fourth-order valence-electron chi connectivity index (χ4n) is 4.00. The molecule has 142 valence electrons. The van der Waals surface area contributed by atoms with E-state index in [1.807, 2.05) is 13.0 Å². The number of benzene rings is 2. The van der Waals surface area contributed by atoms with Gasteiger partial charge in [0.1, 0.15) is 11.5 Å². The monoisotopic (exact) mass is 371 g/mol. The lowest BCUT2D eigenvalue weighted by molar-refractivity contribution is 0.112. The summed E-state index contributed by atoms with van der Waals surface area (Å²) in [6.45, 7) is 8.22. The SMILES string of the molecule is CCN(CC)c1ccc2c(c1)OC1=CCC=CC1=C2c1ccc(C)cc1C=O. The van der Waals surface area contributed by atoms with Crippen LogP contribution < -0.4 is 9.64 Å². The van der Waals surface area contributed by atoms with Gasteiger partial charge >= 0.3 is 0 Å². The van der Waals surface area contributed by atoms with Crippen LogP contribution in [0.25, 0.3) is 5.57 Å². The summed E-state index contributed by atoms with van der Waals surface area (Å²) in [5.74, 6) is 1.72. The third kappa shape index (κ3) is 3.07. The molecule has 0 spiro atoms. The highest BCUT2D eigenvalue weighted by Gasteiger charge is 2.27. The van der Waals surface area contributed by atoms with Crippen molar-refractivity contribution in [1.29, 1.82) is 0 Å². The van der Waals surface area contributed by atoms with Gasteiger partial charge in [-0.15, -0.1) is 0 Å². The second-order valence-electron chi connectivity index (χ2n) is 7.16. The van der Waals surface area contributed by atoms with Gasteiger partial charge in [0.25, 0.3) is 0 Å². The van der Waals surface area contributed by atoms with E-state index in [4.69, 9.17) is 4.74 Å². The lowest BCUT2D eigenvalue weighted by atomic mass is 9.85. The third-order valence-electron chi connectivity index (χ3n) is 5.45. The highest BCUT2D eigenvalue weighted by molar-refractivity contribution is 5.97. The van der Waals surface area contributed by atoms with Gasteiger partial charge < -0.3 is 9.64 Å². The summed E-state index contributed by atoms with van der Waals surface area (Å²) in [5, 5.41) is 0. The van der Waals surface area contributed by atoms with E-state index >= 15 is 0 Å². The van der Waals surface area contributed by atoms with Crippen molar-refractivity contribution in [3.8, 4) is 5.75 Å². The molecule has 1 heterocycles. The summed E-state index contributed by atoms with van der Waals surface area (Å²) in [5.41, 5.74) is 7.03. The van der Waals surface area contributed by atoms with E-state index in [0.717, 1.165) is 70.8 Å². The Bertz CT molecular complexity index is 1020. The van der Waals surface area contributed by atoms with E-state index in [2.05, 4.69) is 67.3 Å². The molecule has 0 radical (unpaired) electrons. The highest BCUT2D eigenvalue weighted by atomic mass is 16.5. The zero-order valence-corrected chi connectivity index (χ0v) is 16.7. The van der Waals surface area contributed by atoms with Crippen LogP contribution in [0.3, 0.4) is 0 Å². The minimum atomic E-state index is 0.710. The third-order valence-corrected chi connectivity index (χ3v) is 5.45. The first-order valence-corrected chi connectivity index (χ1v) is 9.91. The van der Waals surface area contributed by atoms with E-state index in [0.29, 0.717) is 5.56 Å². The Morgan fingerprint density at radius 1 is 1.07 bits per heavy atom. The molecule has 28 heavy (non-hydrogen) atoms. The average Bonchev–Trinajstić information content (AvgIpc) is 2.73. The maximum atomic E-state index is 11.8. The Morgan fingerprint density at radius 3 is 2.61 bits per heavy atom. The molecule has 3 nitrogen and oxygen atoms in total. The number of hydrogen-bond donors (Lipinski definition) is 0. The van der Waals surface area contributed by atoms with Gasteiger partial charge in [0, 0.05) is 47.1 Å². The van der Waals surface area contributed by atoms with Crippen molar-refractivity contribution in [2.24, 2.45) is 0 Å². The van der Waals surface area contributed by atoms with Crippen molar-refractivity contribution in [2.45, 2.75) is 27.2 Å². The first-order valence-electron chi connectivity index (χ1n) is 9.91. The molecule has 0 saturated heterocycles. The van der Waals surface area contributed by atoms with E-state index in [9.17, 15) is 4.79 Å². The maximum absolute atomic E-state index is 11.8. The fourth-order valence-corrected chi connectivity index (χ4v) is 4.00. The van der Waals surface area contributed by atoms with Gasteiger partial charge in [-0.1, -0.05) is 29.8 Å². The van der Waals surface area contributed by atoms with Gasteiger partial charge in [-0.2, -0.15) is 0 Å². The summed E-state index contributed by atoms with van der Waals surface area (Å²) in [6, 6.07) is 12.4. The number of hydrogen-bond acceptors (Lipinski definition) is 3. The Kier molecular flexibility index (Phi) is 4.91. The molecule has 0 unspecified atom stereocenters. The van der Waals surface area contributed by atoms with Crippen molar-refractivity contribution < 1.29 is 9.53 Å². The number of carbonyl (C=O) groups excluding carboxylic acids is 1. The lowest BCUT2D eigenvalue weighted by Gasteiger charge is -2.29. The number of nitrogens with zero attached hydrogens (tertiary/aromatic N) is 1. The quantitative estimate of drug-likeness (QED) is 0.632. The molecule has 0 aromatic heterocycles. The van der Waals surface area contributed by atoms with Crippen molar-refractivity contribution in [3.63, 3.8) is 0 Å². The maximum Gasteiger partial charge on any atom is 0.150 e. The van der Waals surface area contributed by atoms with Crippen molar-refractivity contribution in [2.75, 3.05) is 18.0 Å². The van der Waals surface area contributed by atoms with E-state index in [1.54, 1.807) is 0 Å². The van der Waals surface area contributed by atoms with Gasteiger partial charge in [0.2, 0.25) is 0 Å². The Labute approximate surface area is 166 Å². The topological polar surface area (TPSA) is 29.5 Å². The van der Waals surface area contributed by atoms with Gasteiger partial charge in [0.15, 0.2) is 6.29 Å². The van der Waals surface area contributed by atoms with E-state index < -0.39 is 0 Å². The Morgan fingerprint density at radius 2 is 1.86 bits per heavy atom. The summed E-state index contributed by atoms with van der Waals surface area (Å²) in [7, 11) is 0. The Hall–Kier alpha value is -3.07. The van der Waals surface area contributed by atoms with Gasteiger partial charge in [-0.25, -0.2) is 0 Å². The molecular formula is C25H25NO2. The zero-order valence-electron chi connectivity index (χ0n) is 16.7. The molecule has 2 aromatic rings. The van der Waals surface area contributed by atoms with E-state index in [1.165, 1.54) is 0 Å². The number of ether oxygens (including phenoxy) is 1. The second kappa shape index (κ2) is 7.51. The largest absolute Gasteiger partial charge is 0.456 e. The number of allylic oxidation sites excluding steroid dienone is 3. The zero-order chi connectivity index (χ0) is 19.7. The average molecular weight is 371 g/mol. The predicted octanol–water partition coefficient (Wildman–Crippen LogP) is 5.69. The molecule has 0 N–H and O–H groups in total. The molecule has 3 heteroatoms. The Balaban J connectivity index is 1.95. The minimum Gasteiger partial charge on any atom is -0.456 e. The number of aldehydes is 1. The fraction of sp³-hybridized carbons (Fsp3) is 0.240. The van der Waals surface area contributed by atoms with Crippen LogP contribution in [0.15, 0.2) is 66.0 Å². The van der Waals surface area contributed by atoms with Gasteiger partial charge in [-0.3, -0.25) is 4.79 Å². The molecule has 1 aliphatic carbocycles. The first kappa shape index (κ1) is 18.3. The van der Waals surface area contributed by atoms with Crippen LogP contribution in [0, 0.1) is 6.92 Å². The molecule has 4 rings (SSSR count). The first-order chi connectivity index (χ1) is 13.7. The number of carbonyl (C=O) groups is 1. The molecule has 2 aromatic carbocycles. The number of rotatable bonds is 5. The molecule has 2 aliphatic rings. The lowest BCUT2D eigenvalue weighted by Crippen LogP contribution is -2.22. The van der Waals surface area contributed by atoms with Crippen molar-refractivity contribution >= 4 is 17.5 Å². The predicted molar refractivity (Wildman–Crippen MR) is 115 cm³/mol. The summed E-state index contributed by atoms with van der Waals surface area (Å²) in [4.78, 5) is 14.1. The molecule has 0 fully saturated rings. The number of aryl methyl sites for hydroxylation is 1. The van der Waals surface area contributed by atoms with Crippen LogP contribution in [-0.4, -0.2) is 19.4 Å².